The Morgan fingerprint density at radius 2 is 1.94 bits per heavy atom. The number of hydrogen-bond acceptors (Lipinski definition) is 7. The van der Waals surface area contributed by atoms with Crippen LogP contribution in [0, 0.1) is 5.82 Å². The van der Waals surface area contributed by atoms with Crippen molar-refractivity contribution in [3.05, 3.63) is 60.1 Å². The molecule has 3 heterocycles. The van der Waals surface area contributed by atoms with E-state index in [1.165, 1.54) is 12.1 Å². The van der Waals surface area contributed by atoms with Gasteiger partial charge in [-0.25, -0.2) is 19.3 Å². The van der Waals surface area contributed by atoms with Crippen LogP contribution >= 0.6 is 0 Å². The van der Waals surface area contributed by atoms with E-state index in [-0.39, 0.29) is 23.5 Å². The van der Waals surface area contributed by atoms with Crippen molar-refractivity contribution in [2.75, 3.05) is 37.6 Å². The van der Waals surface area contributed by atoms with Crippen LogP contribution in [0.15, 0.2) is 47.3 Å². The van der Waals surface area contributed by atoms with Crippen LogP contribution < -0.4 is 10.2 Å². The van der Waals surface area contributed by atoms with Crippen LogP contribution in [-0.2, 0) is 6.42 Å². The molecule has 1 aromatic carbocycles. The number of halogens is 1. The van der Waals surface area contributed by atoms with Crippen molar-refractivity contribution in [1.82, 2.24) is 25.2 Å². The van der Waals surface area contributed by atoms with E-state index in [0.29, 0.717) is 23.6 Å². The maximum Gasteiger partial charge on any atom is 0.289 e. The number of rotatable bonds is 8. The highest BCUT2D eigenvalue weighted by molar-refractivity contribution is 5.93. The summed E-state index contributed by atoms with van der Waals surface area (Å²) in [7, 11) is 0. The number of hydrogen-bond donors (Lipinski definition) is 1. The lowest BCUT2D eigenvalue weighted by molar-refractivity contribution is 0.0899. The molecule has 1 fully saturated rings. The summed E-state index contributed by atoms with van der Waals surface area (Å²) in [5.41, 5.74) is 1.27. The third kappa shape index (κ3) is 5.73. The Balaban J connectivity index is 1.35. The van der Waals surface area contributed by atoms with Gasteiger partial charge >= 0.3 is 0 Å². The van der Waals surface area contributed by atoms with E-state index in [1.807, 2.05) is 19.9 Å². The molecular formula is C24H29FN6O2. The van der Waals surface area contributed by atoms with Gasteiger partial charge in [0.1, 0.15) is 18.0 Å². The minimum atomic E-state index is -0.330. The van der Waals surface area contributed by atoms with E-state index < -0.39 is 0 Å². The van der Waals surface area contributed by atoms with Gasteiger partial charge < -0.3 is 14.6 Å². The van der Waals surface area contributed by atoms with E-state index in [1.54, 1.807) is 24.7 Å². The summed E-state index contributed by atoms with van der Waals surface area (Å²) in [6.07, 6.45) is 4.79. The number of oxazole rings is 1. The lowest BCUT2D eigenvalue weighted by atomic mass is 10.2. The Kier molecular flexibility index (Phi) is 7.29. The molecule has 1 aliphatic heterocycles. The quantitative estimate of drug-likeness (QED) is 0.562. The summed E-state index contributed by atoms with van der Waals surface area (Å²) in [6, 6.07) is 7.77. The molecule has 0 aliphatic carbocycles. The first-order chi connectivity index (χ1) is 16.0. The Morgan fingerprint density at radius 3 is 2.61 bits per heavy atom. The standard InChI is InChI=1S/C24H29FN6O2/c1-3-4-20-22(33-24(29-20)18-5-7-19(25)8-6-18)23(32)28-17(2)15-30-11-13-31(14-12-30)21-9-10-26-16-27-21/h5-10,16-17H,3-4,11-15H2,1-2H3,(H,28,32)/t17-/m1/s1. The van der Waals surface area contributed by atoms with Crippen molar-refractivity contribution >= 4 is 11.7 Å². The summed E-state index contributed by atoms with van der Waals surface area (Å²) in [5, 5.41) is 3.05. The fourth-order valence-electron chi connectivity index (χ4n) is 4.00. The number of benzene rings is 1. The summed E-state index contributed by atoms with van der Waals surface area (Å²) >= 11 is 0. The molecule has 9 heteroatoms. The van der Waals surface area contributed by atoms with Crippen LogP contribution in [0.5, 0.6) is 0 Å². The summed E-state index contributed by atoms with van der Waals surface area (Å²) in [4.78, 5) is 30.3. The van der Waals surface area contributed by atoms with Gasteiger partial charge in [0.05, 0.1) is 5.69 Å². The lowest BCUT2D eigenvalue weighted by Crippen LogP contribution is -2.51. The largest absolute Gasteiger partial charge is 0.431 e. The van der Waals surface area contributed by atoms with Gasteiger partial charge in [-0.15, -0.1) is 0 Å². The van der Waals surface area contributed by atoms with Crippen LogP contribution in [0.1, 0.15) is 36.5 Å². The second kappa shape index (κ2) is 10.5. The molecule has 0 bridgehead atoms. The number of aromatic nitrogens is 3. The molecule has 1 amide bonds. The van der Waals surface area contributed by atoms with Crippen molar-refractivity contribution in [1.29, 1.82) is 0 Å². The zero-order valence-electron chi connectivity index (χ0n) is 19.0. The fraction of sp³-hybridized carbons (Fsp3) is 0.417. The first kappa shape index (κ1) is 22.8. The van der Waals surface area contributed by atoms with E-state index in [0.717, 1.165) is 45.0 Å². The van der Waals surface area contributed by atoms with Crippen LogP contribution in [0.4, 0.5) is 10.2 Å². The molecule has 3 aromatic rings. The Morgan fingerprint density at radius 1 is 1.18 bits per heavy atom. The molecule has 0 saturated carbocycles. The van der Waals surface area contributed by atoms with Crippen LogP contribution in [0.3, 0.4) is 0 Å². The highest BCUT2D eigenvalue weighted by atomic mass is 19.1. The normalized spacial score (nSPS) is 15.4. The predicted molar refractivity (Wildman–Crippen MR) is 124 cm³/mol. The summed E-state index contributed by atoms with van der Waals surface area (Å²) in [5.74, 6) is 0.903. The van der Waals surface area contributed by atoms with Crippen LogP contribution in [-0.4, -0.2) is 64.5 Å². The minimum Gasteiger partial charge on any atom is -0.431 e. The van der Waals surface area contributed by atoms with E-state index in [9.17, 15) is 9.18 Å². The summed E-state index contributed by atoms with van der Waals surface area (Å²) < 4.78 is 19.1. The molecule has 0 spiro atoms. The van der Waals surface area contributed by atoms with Gasteiger partial charge in [0.15, 0.2) is 0 Å². The van der Waals surface area contributed by atoms with Gasteiger partial charge in [-0.1, -0.05) is 13.3 Å². The van der Waals surface area contributed by atoms with Crippen molar-refractivity contribution < 1.29 is 13.6 Å². The van der Waals surface area contributed by atoms with E-state index in [4.69, 9.17) is 4.42 Å². The van der Waals surface area contributed by atoms with Gasteiger partial charge in [0.2, 0.25) is 11.7 Å². The van der Waals surface area contributed by atoms with Gasteiger partial charge in [0, 0.05) is 50.5 Å². The van der Waals surface area contributed by atoms with E-state index >= 15 is 0 Å². The average Bonchev–Trinajstić information content (AvgIpc) is 3.25. The van der Waals surface area contributed by atoms with Gasteiger partial charge in [-0.05, 0) is 43.7 Å². The number of piperazine rings is 1. The Labute approximate surface area is 192 Å². The zero-order valence-corrected chi connectivity index (χ0v) is 19.0. The predicted octanol–water partition coefficient (Wildman–Crippen LogP) is 3.16. The molecule has 0 radical (unpaired) electrons. The molecule has 1 atom stereocenters. The van der Waals surface area contributed by atoms with Crippen LogP contribution in [0.2, 0.25) is 0 Å². The monoisotopic (exact) mass is 452 g/mol. The first-order valence-electron chi connectivity index (χ1n) is 11.3. The second-order valence-electron chi connectivity index (χ2n) is 8.28. The number of carbonyl (C=O) groups excluding carboxylic acids is 1. The molecule has 2 aromatic heterocycles. The Bertz CT molecular complexity index is 1050. The molecule has 174 valence electrons. The first-order valence-corrected chi connectivity index (χ1v) is 11.3. The third-order valence-corrected chi connectivity index (χ3v) is 5.65. The van der Waals surface area contributed by atoms with Gasteiger partial charge in [-0.3, -0.25) is 9.69 Å². The molecule has 1 aliphatic rings. The molecule has 1 N–H and O–H groups in total. The number of aryl methyl sites for hydroxylation is 1. The van der Waals surface area contributed by atoms with Crippen molar-refractivity contribution in [3.63, 3.8) is 0 Å². The average molecular weight is 453 g/mol. The lowest BCUT2D eigenvalue weighted by Gasteiger charge is -2.36. The van der Waals surface area contributed by atoms with Crippen molar-refractivity contribution in [2.45, 2.75) is 32.7 Å². The molecular weight excluding hydrogens is 423 g/mol. The van der Waals surface area contributed by atoms with Crippen LogP contribution in [0.25, 0.3) is 11.5 Å². The van der Waals surface area contributed by atoms with Gasteiger partial charge in [-0.2, -0.15) is 0 Å². The molecule has 4 rings (SSSR count). The molecule has 33 heavy (non-hydrogen) atoms. The maximum absolute atomic E-state index is 13.3. The van der Waals surface area contributed by atoms with Gasteiger partial charge in [0.25, 0.3) is 5.91 Å². The highest BCUT2D eigenvalue weighted by Gasteiger charge is 2.24. The summed E-state index contributed by atoms with van der Waals surface area (Å²) in [6.45, 7) is 8.29. The second-order valence-corrected chi connectivity index (χ2v) is 8.28. The third-order valence-electron chi connectivity index (χ3n) is 5.65. The fourth-order valence-corrected chi connectivity index (χ4v) is 4.00. The molecule has 8 nitrogen and oxygen atoms in total. The minimum absolute atomic E-state index is 0.0584. The SMILES string of the molecule is CCCc1nc(-c2ccc(F)cc2)oc1C(=O)N[C@H](C)CN1CCN(c2ccncn2)CC1. The number of amides is 1. The Hall–Kier alpha value is -3.33. The van der Waals surface area contributed by atoms with E-state index in [2.05, 4.69) is 30.1 Å². The molecule has 1 saturated heterocycles. The topological polar surface area (TPSA) is 87.4 Å². The van der Waals surface area contributed by atoms with Crippen molar-refractivity contribution in [2.24, 2.45) is 0 Å². The maximum atomic E-state index is 13.3. The number of nitrogens with one attached hydrogen (secondary N) is 1. The molecule has 0 unspecified atom stereocenters. The van der Waals surface area contributed by atoms with Crippen molar-refractivity contribution in [3.8, 4) is 11.5 Å². The highest BCUT2D eigenvalue weighted by Crippen LogP contribution is 2.23. The number of carbonyl (C=O) groups is 1. The smallest absolute Gasteiger partial charge is 0.289 e. The number of anilines is 1. The zero-order chi connectivity index (χ0) is 23.2. The number of nitrogens with zero attached hydrogens (tertiary/aromatic N) is 5.